The minimum atomic E-state index is 0.370. The van der Waals surface area contributed by atoms with Crippen molar-refractivity contribution in [1.29, 1.82) is 0 Å². The summed E-state index contributed by atoms with van der Waals surface area (Å²) in [4.78, 5) is 0. The van der Waals surface area contributed by atoms with Gasteiger partial charge in [0.1, 0.15) is 0 Å². The molecule has 1 aromatic rings. The Kier molecular flexibility index (Phi) is 6.75. The summed E-state index contributed by atoms with van der Waals surface area (Å²) >= 11 is 0. The molecule has 0 saturated heterocycles. The Morgan fingerprint density at radius 1 is 1.15 bits per heavy atom. The van der Waals surface area contributed by atoms with Crippen LogP contribution in [-0.2, 0) is 6.42 Å². The fourth-order valence-electron chi connectivity index (χ4n) is 2.54. The van der Waals surface area contributed by atoms with Crippen LogP contribution in [0, 0.1) is 11.3 Å². The van der Waals surface area contributed by atoms with Crippen molar-refractivity contribution in [3.8, 4) is 0 Å². The SMILES string of the molecule is CCCc1cccc(C(CC(C)C(C)(C)C)NCC)c1. The molecule has 1 nitrogen and oxygen atoms in total. The van der Waals surface area contributed by atoms with E-state index in [0.29, 0.717) is 17.4 Å². The van der Waals surface area contributed by atoms with E-state index >= 15 is 0 Å². The molecule has 1 aromatic carbocycles. The lowest BCUT2D eigenvalue weighted by atomic mass is 9.77. The van der Waals surface area contributed by atoms with Crippen LogP contribution >= 0.6 is 0 Å². The lowest BCUT2D eigenvalue weighted by Crippen LogP contribution is -2.27. The second-order valence-corrected chi connectivity index (χ2v) is 7.11. The van der Waals surface area contributed by atoms with Gasteiger partial charge in [-0.3, -0.25) is 0 Å². The smallest absolute Gasteiger partial charge is 0.0322 e. The van der Waals surface area contributed by atoms with Crippen molar-refractivity contribution in [3.05, 3.63) is 35.4 Å². The average molecular weight is 275 g/mol. The molecular formula is C19H33N. The topological polar surface area (TPSA) is 12.0 Å². The van der Waals surface area contributed by atoms with E-state index < -0.39 is 0 Å². The molecule has 114 valence electrons. The minimum Gasteiger partial charge on any atom is -0.310 e. The first-order valence-electron chi connectivity index (χ1n) is 8.20. The van der Waals surface area contributed by atoms with Crippen LogP contribution in [0.15, 0.2) is 24.3 Å². The molecule has 0 radical (unpaired) electrons. The Hall–Kier alpha value is -0.820. The summed E-state index contributed by atoms with van der Waals surface area (Å²) in [5.74, 6) is 0.696. The molecule has 0 spiro atoms. The summed E-state index contributed by atoms with van der Waals surface area (Å²) in [5, 5.41) is 3.67. The van der Waals surface area contributed by atoms with Crippen LogP contribution in [0.4, 0.5) is 0 Å². The van der Waals surface area contributed by atoms with E-state index in [0.717, 1.165) is 6.54 Å². The summed E-state index contributed by atoms with van der Waals surface area (Å²) in [5.41, 5.74) is 3.29. The molecule has 20 heavy (non-hydrogen) atoms. The van der Waals surface area contributed by atoms with Gasteiger partial charge in [0.05, 0.1) is 0 Å². The molecule has 0 aromatic heterocycles. The van der Waals surface area contributed by atoms with Gasteiger partial charge in [-0.05, 0) is 41.8 Å². The molecule has 1 heteroatoms. The fourth-order valence-corrected chi connectivity index (χ4v) is 2.54. The normalized spacial score (nSPS) is 15.1. The molecule has 0 amide bonds. The number of aryl methyl sites for hydroxylation is 1. The molecule has 1 N–H and O–H groups in total. The Labute approximate surface area is 126 Å². The predicted octanol–water partition coefficient (Wildman–Crippen LogP) is 5.36. The highest BCUT2D eigenvalue weighted by atomic mass is 14.9. The van der Waals surface area contributed by atoms with Crippen molar-refractivity contribution in [1.82, 2.24) is 5.32 Å². The Bertz CT molecular complexity index is 389. The summed E-state index contributed by atoms with van der Waals surface area (Å²) in [7, 11) is 0. The van der Waals surface area contributed by atoms with Crippen molar-refractivity contribution in [2.24, 2.45) is 11.3 Å². The largest absolute Gasteiger partial charge is 0.310 e. The lowest BCUT2D eigenvalue weighted by Gasteiger charge is -2.31. The van der Waals surface area contributed by atoms with Crippen molar-refractivity contribution in [2.75, 3.05) is 6.54 Å². The van der Waals surface area contributed by atoms with Crippen LogP contribution in [0.5, 0.6) is 0 Å². The van der Waals surface area contributed by atoms with E-state index in [1.165, 1.54) is 30.4 Å². The molecule has 0 bridgehead atoms. The number of rotatable bonds is 7. The van der Waals surface area contributed by atoms with Crippen molar-refractivity contribution in [2.45, 2.75) is 66.8 Å². The second-order valence-electron chi connectivity index (χ2n) is 7.11. The number of benzene rings is 1. The molecule has 2 atom stereocenters. The zero-order valence-electron chi connectivity index (χ0n) is 14.3. The van der Waals surface area contributed by atoms with Gasteiger partial charge in [-0.15, -0.1) is 0 Å². The first-order valence-corrected chi connectivity index (χ1v) is 8.20. The molecule has 0 aliphatic heterocycles. The summed E-state index contributed by atoms with van der Waals surface area (Å²) < 4.78 is 0. The van der Waals surface area contributed by atoms with Gasteiger partial charge in [0.25, 0.3) is 0 Å². The number of nitrogens with one attached hydrogen (secondary N) is 1. The maximum atomic E-state index is 3.67. The van der Waals surface area contributed by atoms with E-state index in [1.54, 1.807) is 0 Å². The molecule has 1 rings (SSSR count). The average Bonchev–Trinajstić information content (AvgIpc) is 2.37. The second kappa shape index (κ2) is 7.83. The molecule has 2 unspecified atom stereocenters. The van der Waals surface area contributed by atoms with Gasteiger partial charge in [0.2, 0.25) is 0 Å². The number of hydrogen-bond acceptors (Lipinski definition) is 1. The van der Waals surface area contributed by atoms with Gasteiger partial charge in [0, 0.05) is 6.04 Å². The number of hydrogen-bond donors (Lipinski definition) is 1. The van der Waals surface area contributed by atoms with E-state index in [-0.39, 0.29) is 0 Å². The highest BCUT2D eigenvalue weighted by Crippen LogP contribution is 2.33. The van der Waals surface area contributed by atoms with Crippen LogP contribution in [0.1, 0.15) is 71.6 Å². The van der Waals surface area contributed by atoms with Crippen molar-refractivity contribution < 1.29 is 0 Å². The van der Waals surface area contributed by atoms with E-state index in [2.05, 4.69) is 71.1 Å². The van der Waals surface area contributed by atoms with Crippen LogP contribution in [0.3, 0.4) is 0 Å². The standard InChI is InChI=1S/C19H33N/c1-7-10-16-11-9-12-17(14-16)18(20-8-2)13-15(3)19(4,5)6/h9,11-12,14-15,18,20H,7-8,10,13H2,1-6H3. The molecule has 0 aliphatic rings. The van der Waals surface area contributed by atoms with Crippen molar-refractivity contribution >= 4 is 0 Å². The Morgan fingerprint density at radius 2 is 1.85 bits per heavy atom. The first kappa shape index (κ1) is 17.2. The monoisotopic (exact) mass is 275 g/mol. The Balaban J connectivity index is 2.87. The summed E-state index contributed by atoms with van der Waals surface area (Å²) in [6.45, 7) is 14.9. The minimum absolute atomic E-state index is 0.370. The van der Waals surface area contributed by atoms with Gasteiger partial charge in [-0.1, -0.05) is 72.2 Å². The highest BCUT2D eigenvalue weighted by molar-refractivity contribution is 5.26. The highest BCUT2D eigenvalue weighted by Gasteiger charge is 2.24. The van der Waals surface area contributed by atoms with E-state index in [4.69, 9.17) is 0 Å². The quantitative estimate of drug-likeness (QED) is 0.706. The maximum absolute atomic E-state index is 3.67. The van der Waals surface area contributed by atoms with Crippen LogP contribution in [-0.4, -0.2) is 6.54 Å². The third kappa shape index (κ3) is 5.28. The molecule has 0 fully saturated rings. The third-order valence-corrected chi connectivity index (χ3v) is 4.41. The fraction of sp³-hybridized carbons (Fsp3) is 0.684. The van der Waals surface area contributed by atoms with Gasteiger partial charge < -0.3 is 5.32 Å². The van der Waals surface area contributed by atoms with Gasteiger partial charge in [-0.2, -0.15) is 0 Å². The Morgan fingerprint density at radius 3 is 2.40 bits per heavy atom. The molecule has 0 heterocycles. The van der Waals surface area contributed by atoms with Crippen LogP contribution in [0.2, 0.25) is 0 Å². The summed E-state index contributed by atoms with van der Waals surface area (Å²) in [6, 6.07) is 9.62. The van der Waals surface area contributed by atoms with Crippen LogP contribution < -0.4 is 5.32 Å². The maximum Gasteiger partial charge on any atom is 0.0322 e. The van der Waals surface area contributed by atoms with Gasteiger partial charge >= 0.3 is 0 Å². The summed E-state index contributed by atoms with van der Waals surface area (Å²) in [6.07, 6.45) is 3.60. The predicted molar refractivity (Wildman–Crippen MR) is 90.1 cm³/mol. The zero-order chi connectivity index (χ0) is 15.2. The molecular weight excluding hydrogens is 242 g/mol. The van der Waals surface area contributed by atoms with Crippen LogP contribution in [0.25, 0.3) is 0 Å². The van der Waals surface area contributed by atoms with Crippen molar-refractivity contribution in [3.63, 3.8) is 0 Å². The van der Waals surface area contributed by atoms with E-state index in [9.17, 15) is 0 Å². The lowest BCUT2D eigenvalue weighted by molar-refractivity contribution is 0.224. The van der Waals surface area contributed by atoms with Gasteiger partial charge in [-0.25, -0.2) is 0 Å². The molecule has 0 aliphatic carbocycles. The first-order chi connectivity index (χ1) is 9.38. The van der Waals surface area contributed by atoms with Gasteiger partial charge in [0.15, 0.2) is 0 Å². The van der Waals surface area contributed by atoms with E-state index in [1.807, 2.05) is 0 Å². The zero-order valence-corrected chi connectivity index (χ0v) is 14.3. The third-order valence-electron chi connectivity index (χ3n) is 4.41. The molecule has 0 saturated carbocycles.